The second-order valence-corrected chi connectivity index (χ2v) is 6.94. The Hall–Kier alpha value is -3.32. The fourth-order valence-corrected chi connectivity index (χ4v) is 3.68. The monoisotopic (exact) mass is 375 g/mol. The van der Waals surface area contributed by atoms with Gasteiger partial charge in [0.15, 0.2) is 0 Å². The third kappa shape index (κ3) is 4.09. The summed E-state index contributed by atoms with van der Waals surface area (Å²) in [5.41, 5.74) is 2.10. The summed E-state index contributed by atoms with van der Waals surface area (Å²) in [5, 5.41) is 6.90. The Morgan fingerprint density at radius 1 is 1.07 bits per heavy atom. The minimum absolute atomic E-state index is 0.107. The molecule has 0 bridgehead atoms. The third-order valence-corrected chi connectivity index (χ3v) is 5.11. The number of carbonyl (C=O) groups is 1. The van der Waals surface area contributed by atoms with Gasteiger partial charge in [-0.15, -0.1) is 11.3 Å². The lowest BCUT2D eigenvalue weighted by molar-refractivity contribution is -0.119. The number of aromatic nitrogens is 3. The minimum atomic E-state index is -0.107. The summed E-state index contributed by atoms with van der Waals surface area (Å²) in [6, 6.07) is 16.0. The highest BCUT2D eigenvalue weighted by Crippen LogP contribution is 2.34. The van der Waals surface area contributed by atoms with Gasteiger partial charge >= 0.3 is 0 Å². The highest BCUT2D eigenvalue weighted by atomic mass is 32.1. The second-order valence-electron chi connectivity index (χ2n) is 5.91. The molecule has 0 atom stereocenters. The van der Waals surface area contributed by atoms with E-state index < -0.39 is 0 Å². The molecule has 134 valence electrons. The van der Waals surface area contributed by atoms with Crippen molar-refractivity contribution in [1.29, 1.82) is 0 Å². The van der Waals surface area contributed by atoms with Crippen molar-refractivity contribution in [1.82, 2.24) is 20.3 Å². The molecule has 3 aromatic heterocycles. The Kier molecular flexibility index (Phi) is 5.02. The van der Waals surface area contributed by atoms with E-state index in [2.05, 4.69) is 43.8 Å². The number of carbonyl (C=O) groups excluding carboxylic acids is 1. The molecule has 0 saturated heterocycles. The lowest BCUT2D eigenvalue weighted by Crippen LogP contribution is -2.29. The first-order chi connectivity index (χ1) is 13.3. The topological polar surface area (TPSA) is 79.8 Å². The van der Waals surface area contributed by atoms with Crippen molar-refractivity contribution in [2.45, 2.75) is 6.54 Å². The van der Waals surface area contributed by atoms with Crippen LogP contribution in [0.15, 0.2) is 67.3 Å². The molecule has 0 radical (unpaired) electrons. The van der Waals surface area contributed by atoms with Gasteiger partial charge in [-0.1, -0.05) is 36.4 Å². The molecule has 0 unspecified atom stereocenters. The molecule has 2 N–H and O–H groups in total. The molecule has 0 fully saturated rings. The smallest absolute Gasteiger partial charge is 0.239 e. The molecule has 0 spiro atoms. The van der Waals surface area contributed by atoms with Gasteiger partial charge in [-0.2, -0.15) is 0 Å². The van der Waals surface area contributed by atoms with E-state index >= 15 is 0 Å². The first-order valence-electron chi connectivity index (χ1n) is 8.49. The van der Waals surface area contributed by atoms with Crippen molar-refractivity contribution in [2.75, 3.05) is 11.9 Å². The zero-order valence-corrected chi connectivity index (χ0v) is 15.2. The number of amides is 1. The van der Waals surface area contributed by atoms with Crippen LogP contribution in [-0.4, -0.2) is 27.4 Å². The summed E-state index contributed by atoms with van der Waals surface area (Å²) in [7, 11) is 0. The average Bonchev–Trinajstić information content (AvgIpc) is 3.17. The number of nitrogens with zero attached hydrogens (tertiary/aromatic N) is 3. The van der Waals surface area contributed by atoms with Crippen molar-refractivity contribution in [3.05, 3.63) is 72.8 Å². The van der Waals surface area contributed by atoms with Gasteiger partial charge in [0.25, 0.3) is 0 Å². The highest BCUT2D eigenvalue weighted by molar-refractivity contribution is 7.21. The molecule has 0 aliphatic rings. The molecule has 1 amide bonds. The van der Waals surface area contributed by atoms with Crippen LogP contribution in [0.2, 0.25) is 0 Å². The van der Waals surface area contributed by atoms with Crippen LogP contribution >= 0.6 is 11.3 Å². The number of anilines is 1. The van der Waals surface area contributed by atoms with Gasteiger partial charge in [0.1, 0.15) is 17.0 Å². The van der Waals surface area contributed by atoms with Gasteiger partial charge in [0, 0.05) is 23.8 Å². The first-order valence-corrected chi connectivity index (χ1v) is 9.31. The van der Waals surface area contributed by atoms with E-state index in [4.69, 9.17) is 0 Å². The van der Waals surface area contributed by atoms with Gasteiger partial charge in [-0.05, 0) is 23.3 Å². The minimum Gasteiger partial charge on any atom is -0.360 e. The molecule has 0 saturated carbocycles. The number of pyridine rings is 1. The number of thiophene rings is 1. The molecule has 0 aliphatic heterocycles. The molecular formula is C20H17N5OS. The Morgan fingerprint density at radius 2 is 1.96 bits per heavy atom. The molecule has 3 heterocycles. The van der Waals surface area contributed by atoms with Crippen molar-refractivity contribution in [3.8, 4) is 10.4 Å². The summed E-state index contributed by atoms with van der Waals surface area (Å²) >= 11 is 1.61. The van der Waals surface area contributed by atoms with Gasteiger partial charge in [-0.25, -0.2) is 9.97 Å². The molecule has 1 aromatic carbocycles. The standard InChI is InChI=1S/C20H17N5OS/c26-18(22-11-14-5-4-8-21-10-14)12-23-19-16-9-17(15-6-2-1-3-7-15)27-20(16)25-13-24-19/h1-10,13H,11-12H2,(H,22,26)(H,23,24,25). The van der Waals surface area contributed by atoms with Gasteiger partial charge in [0.2, 0.25) is 5.91 Å². The molecule has 7 heteroatoms. The normalized spacial score (nSPS) is 10.7. The lowest BCUT2D eigenvalue weighted by Gasteiger charge is -2.07. The SMILES string of the molecule is O=C(CNc1ncnc2sc(-c3ccccc3)cc12)NCc1cccnc1. The summed E-state index contributed by atoms with van der Waals surface area (Å²) in [6.07, 6.45) is 4.96. The van der Waals surface area contributed by atoms with Gasteiger partial charge in [-0.3, -0.25) is 9.78 Å². The fraction of sp³-hybridized carbons (Fsp3) is 0.100. The predicted octanol–water partition coefficient (Wildman–Crippen LogP) is 3.48. The fourth-order valence-electron chi connectivity index (χ4n) is 2.67. The Morgan fingerprint density at radius 3 is 2.78 bits per heavy atom. The average molecular weight is 375 g/mol. The van der Waals surface area contributed by atoms with E-state index in [1.807, 2.05) is 30.3 Å². The zero-order chi connectivity index (χ0) is 18.5. The van der Waals surface area contributed by atoms with Crippen LogP contribution in [-0.2, 0) is 11.3 Å². The molecule has 6 nitrogen and oxygen atoms in total. The first kappa shape index (κ1) is 17.1. The lowest BCUT2D eigenvalue weighted by atomic mass is 10.2. The van der Waals surface area contributed by atoms with E-state index in [9.17, 15) is 4.79 Å². The summed E-state index contributed by atoms with van der Waals surface area (Å²) in [5.74, 6) is 0.555. The number of rotatable bonds is 6. The maximum Gasteiger partial charge on any atom is 0.239 e. The second kappa shape index (κ2) is 7.92. The zero-order valence-electron chi connectivity index (χ0n) is 14.4. The van der Waals surface area contributed by atoms with E-state index in [-0.39, 0.29) is 12.5 Å². The maximum absolute atomic E-state index is 12.1. The number of hydrogen-bond donors (Lipinski definition) is 2. The van der Waals surface area contributed by atoms with E-state index in [0.29, 0.717) is 12.4 Å². The van der Waals surface area contributed by atoms with Crippen molar-refractivity contribution >= 4 is 33.3 Å². The van der Waals surface area contributed by atoms with Crippen LogP contribution in [0.3, 0.4) is 0 Å². The predicted molar refractivity (Wildman–Crippen MR) is 107 cm³/mol. The molecular weight excluding hydrogens is 358 g/mol. The largest absolute Gasteiger partial charge is 0.360 e. The summed E-state index contributed by atoms with van der Waals surface area (Å²) in [6.45, 7) is 0.590. The third-order valence-electron chi connectivity index (χ3n) is 4.02. The summed E-state index contributed by atoms with van der Waals surface area (Å²) < 4.78 is 0. The van der Waals surface area contributed by atoms with Gasteiger partial charge < -0.3 is 10.6 Å². The molecule has 4 rings (SSSR count). The van der Waals surface area contributed by atoms with Crippen LogP contribution in [0.25, 0.3) is 20.7 Å². The van der Waals surface area contributed by atoms with Crippen molar-refractivity contribution in [3.63, 3.8) is 0 Å². The number of benzene rings is 1. The van der Waals surface area contributed by atoms with Gasteiger partial charge in [0.05, 0.1) is 11.9 Å². The van der Waals surface area contributed by atoms with E-state index in [1.165, 1.54) is 6.33 Å². The number of hydrogen-bond acceptors (Lipinski definition) is 6. The number of fused-ring (bicyclic) bond motifs is 1. The molecule has 0 aliphatic carbocycles. The maximum atomic E-state index is 12.1. The van der Waals surface area contributed by atoms with E-state index in [0.717, 1.165) is 26.2 Å². The van der Waals surface area contributed by atoms with Crippen LogP contribution in [0.5, 0.6) is 0 Å². The highest BCUT2D eigenvalue weighted by Gasteiger charge is 2.11. The quantitative estimate of drug-likeness (QED) is 0.539. The summed E-state index contributed by atoms with van der Waals surface area (Å²) in [4.78, 5) is 26.8. The van der Waals surface area contributed by atoms with Crippen molar-refractivity contribution < 1.29 is 4.79 Å². The van der Waals surface area contributed by atoms with Crippen molar-refractivity contribution in [2.24, 2.45) is 0 Å². The van der Waals surface area contributed by atoms with Crippen LogP contribution in [0.1, 0.15) is 5.56 Å². The Labute approximate surface area is 160 Å². The number of nitrogens with one attached hydrogen (secondary N) is 2. The molecule has 27 heavy (non-hydrogen) atoms. The molecule has 4 aromatic rings. The Bertz CT molecular complexity index is 1050. The Balaban J connectivity index is 1.44. The van der Waals surface area contributed by atoms with Crippen LogP contribution in [0.4, 0.5) is 5.82 Å². The van der Waals surface area contributed by atoms with Crippen LogP contribution < -0.4 is 10.6 Å². The van der Waals surface area contributed by atoms with E-state index in [1.54, 1.807) is 23.7 Å². The van der Waals surface area contributed by atoms with Crippen LogP contribution in [0, 0.1) is 0 Å².